The van der Waals surface area contributed by atoms with Crippen molar-refractivity contribution in [1.29, 1.82) is 0 Å². The lowest BCUT2D eigenvalue weighted by molar-refractivity contribution is -0.151. The van der Waals surface area contributed by atoms with Gasteiger partial charge in [-0.1, -0.05) is 36.4 Å². The van der Waals surface area contributed by atoms with Crippen LogP contribution < -0.4 is 10.8 Å². The van der Waals surface area contributed by atoms with Crippen molar-refractivity contribution in [3.8, 4) is 0 Å². The van der Waals surface area contributed by atoms with Crippen LogP contribution in [0.5, 0.6) is 0 Å². The fraction of sp³-hybridized carbons (Fsp3) is 0.333. The Morgan fingerprint density at radius 2 is 1.88 bits per heavy atom. The number of fused-ring (bicyclic) bond motifs is 1. The monoisotopic (exact) mass is 436 g/mol. The van der Waals surface area contributed by atoms with Crippen molar-refractivity contribution < 1.29 is 19.9 Å². The van der Waals surface area contributed by atoms with Crippen LogP contribution in [0.1, 0.15) is 33.5 Å². The van der Waals surface area contributed by atoms with E-state index in [1.165, 1.54) is 0 Å². The van der Waals surface area contributed by atoms with Crippen LogP contribution >= 0.6 is 0 Å². The molecule has 2 aromatic carbocycles. The lowest BCUT2D eigenvalue weighted by Crippen LogP contribution is -2.63. The Balaban J connectivity index is 1.68. The van der Waals surface area contributed by atoms with E-state index in [1.807, 2.05) is 48.2 Å². The molecule has 4 rings (SSSR count). The molecule has 0 aromatic heterocycles. The molecule has 2 amide bonds. The first-order chi connectivity index (χ1) is 15.4. The molecule has 2 aliphatic rings. The van der Waals surface area contributed by atoms with E-state index >= 15 is 0 Å². The van der Waals surface area contributed by atoms with Crippen LogP contribution in [0.4, 0.5) is 0 Å². The van der Waals surface area contributed by atoms with Gasteiger partial charge >= 0.3 is 0 Å². The number of hydroxylamine groups is 1. The van der Waals surface area contributed by atoms with Gasteiger partial charge in [-0.3, -0.25) is 19.7 Å². The molecule has 0 spiro atoms. The molecular weight excluding hydrogens is 408 g/mol. The lowest BCUT2D eigenvalue weighted by Gasteiger charge is -2.47. The maximum atomic E-state index is 13.2. The number of nitrogens with zero attached hydrogens (tertiary/aromatic N) is 2. The van der Waals surface area contributed by atoms with E-state index in [4.69, 9.17) is 5.21 Å². The summed E-state index contributed by atoms with van der Waals surface area (Å²) in [6.07, 6.45) is -0.0207. The zero-order valence-corrected chi connectivity index (χ0v) is 18.2. The predicted octanol–water partition coefficient (Wildman–Crippen LogP) is 1.48. The minimum absolute atomic E-state index is 0.0214. The quantitative estimate of drug-likeness (QED) is 0.418. The number of hydrogen-bond donors (Lipinski definition) is 4. The third-order valence-corrected chi connectivity index (χ3v) is 6.24. The SMILES string of the molecule is Cc1ccccc1C1=C(NCc2ccc(C(=O)NO)cc2)CCN2C(O)CN(C)C(=O)C12. The molecule has 1 saturated heterocycles. The van der Waals surface area contributed by atoms with Crippen LogP contribution in [0.2, 0.25) is 0 Å². The Morgan fingerprint density at radius 3 is 2.56 bits per heavy atom. The number of piperazine rings is 1. The maximum absolute atomic E-state index is 13.2. The zero-order chi connectivity index (χ0) is 22.8. The molecule has 0 radical (unpaired) electrons. The summed E-state index contributed by atoms with van der Waals surface area (Å²) < 4.78 is 0. The van der Waals surface area contributed by atoms with Crippen molar-refractivity contribution in [3.05, 3.63) is 76.5 Å². The van der Waals surface area contributed by atoms with E-state index in [9.17, 15) is 14.7 Å². The summed E-state index contributed by atoms with van der Waals surface area (Å²) in [5, 5.41) is 22.9. The van der Waals surface area contributed by atoms with Gasteiger partial charge in [-0.25, -0.2) is 5.48 Å². The van der Waals surface area contributed by atoms with Crippen LogP contribution in [0.25, 0.3) is 5.57 Å². The van der Waals surface area contributed by atoms with Crippen molar-refractivity contribution >= 4 is 17.4 Å². The molecular formula is C24H28N4O4. The molecule has 0 bridgehead atoms. The van der Waals surface area contributed by atoms with Crippen molar-refractivity contribution in [2.45, 2.75) is 32.2 Å². The second-order valence-corrected chi connectivity index (χ2v) is 8.29. The minimum Gasteiger partial charge on any atom is -0.384 e. The molecule has 2 unspecified atom stereocenters. The van der Waals surface area contributed by atoms with Crippen LogP contribution in [0, 0.1) is 6.92 Å². The number of carbonyl (C=O) groups is 2. The Bertz CT molecular complexity index is 1050. The summed E-state index contributed by atoms with van der Waals surface area (Å²) in [6, 6.07) is 14.4. The van der Waals surface area contributed by atoms with Crippen LogP contribution in [-0.2, 0) is 11.3 Å². The van der Waals surface area contributed by atoms with Crippen molar-refractivity contribution in [2.75, 3.05) is 20.1 Å². The average Bonchev–Trinajstić information content (AvgIpc) is 2.81. The lowest BCUT2D eigenvalue weighted by atomic mass is 9.86. The number of hydrogen-bond acceptors (Lipinski definition) is 6. The molecule has 2 aromatic rings. The van der Waals surface area contributed by atoms with Crippen molar-refractivity contribution in [3.63, 3.8) is 0 Å². The zero-order valence-electron chi connectivity index (χ0n) is 18.2. The molecule has 2 aliphatic heterocycles. The van der Waals surface area contributed by atoms with Crippen LogP contribution in [0.15, 0.2) is 54.2 Å². The molecule has 8 heteroatoms. The highest BCUT2D eigenvalue weighted by Crippen LogP contribution is 2.36. The fourth-order valence-electron chi connectivity index (χ4n) is 4.49. The van der Waals surface area contributed by atoms with Gasteiger partial charge < -0.3 is 15.3 Å². The summed E-state index contributed by atoms with van der Waals surface area (Å²) >= 11 is 0. The predicted molar refractivity (Wildman–Crippen MR) is 119 cm³/mol. The van der Waals surface area contributed by atoms with E-state index in [2.05, 4.69) is 5.32 Å². The first-order valence-electron chi connectivity index (χ1n) is 10.7. The molecule has 32 heavy (non-hydrogen) atoms. The van der Waals surface area contributed by atoms with Gasteiger partial charge in [0.1, 0.15) is 12.3 Å². The van der Waals surface area contributed by atoms with Gasteiger partial charge in [0.05, 0.1) is 6.54 Å². The Kier molecular flexibility index (Phi) is 6.27. The Labute approximate surface area is 187 Å². The molecule has 0 saturated carbocycles. The van der Waals surface area contributed by atoms with Gasteiger partial charge in [0, 0.05) is 43.4 Å². The fourth-order valence-corrected chi connectivity index (χ4v) is 4.49. The summed E-state index contributed by atoms with van der Waals surface area (Å²) in [5.41, 5.74) is 6.91. The summed E-state index contributed by atoms with van der Waals surface area (Å²) in [7, 11) is 1.73. The Morgan fingerprint density at radius 1 is 1.16 bits per heavy atom. The number of aliphatic hydroxyl groups excluding tert-OH is 1. The topological polar surface area (TPSA) is 105 Å². The van der Waals surface area contributed by atoms with Crippen LogP contribution in [-0.4, -0.2) is 64.3 Å². The number of benzene rings is 2. The standard InChI is InChI=1S/C24H28N4O4/c1-15-5-3-4-6-18(15)21-19(11-12-28-20(29)14-27(2)24(31)22(21)28)25-13-16-7-9-17(10-8-16)23(30)26-32/h3-10,20,22,25,29,32H,11-14H2,1-2H3,(H,26,30). The summed E-state index contributed by atoms with van der Waals surface area (Å²) in [6.45, 7) is 3.42. The van der Waals surface area contributed by atoms with E-state index in [1.54, 1.807) is 29.6 Å². The molecule has 8 nitrogen and oxygen atoms in total. The first kappa shape index (κ1) is 22.0. The summed E-state index contributed by atoms with van der Waals surface area (Å²) in [5.74, 6) is -0.577. The number of aliphatic hydroxyl groups is 1. The van der Waals surface area contributed by atoms with Gasteiger partial charge in [0.25, 0.3) is 5.91 Å². The number of aryl methyl sites for hydroxylation is 1. The smallest absolute Gasteiger partial charge is 0.274 e. The Hall–Kier alpha value is -3.20. The van der Waals surface area contributed by atoms with Crippen molar-refractivity contribution in [1.82, 2.24) is 20.6 Å². The molecule has 1 fully saturated rings. The van der Waals surface area contributed by atoms with Gasteiger partial charge in [-0.2, -0.15) is 0 Å². The number of rotatable bonds is 5. The molecule has 2 heterocycles. The first-order valence-corrected chi connectivity index (χ1v) is 10.7. The highest BCUT2D eigenvalue weighted by molar-refractivity contribution is 5.98. The van der Waals surface area contributed by atoms with E-state index in [0.29, 0.717) is 31.6 Å². The normalized spacial score (nSPS) is 21.4. The minimum atomic E-state index is -0.700. The van der Waals surface area contributed by atoms with Gasteiger partial charge in [0.15, 0.2) is 0 Å². The molecule has 4 N–H and O–H groups in total. The molecule has 168 valence electrons. The average molecular weight is 437 g/mol. The number of amides is 2. The number of nitrogens with one attached hydrogen (secondary N) is 2. The van der Waals surface area contributed by atoms with Gasteiger partial charge in [-0.05, 0) is 35.7 Å². The summed E-state index contributed by atoms with van der Waals surface area (Å²) in [4.78, 5) is 28.2. The third-order valence-electron chi connectivity index (χ3n) is 6.24. The highest BCUT2D eigenvalue weighted by Gasteiger charge is 2.44. The third kappa shape index (κ3) is 4.12. The maximum Gasteiger partial charge on any atom is 0.274 e. The largest absolute Gasteiger partial charge is 0.384 e. The number of likely N-dealkylation sites (N-methyl/N-ethyl adjacent to an activating group) is 1. The van der Waals surface area contributed by atoms with E-state index < -0.39 is 18.2 Å². The number of carbonyl (C=O) groups excluding carboxylic acids is 2. The molecule has 0 aliphatic carbocycles. The van der Waals surface area contributed by atoms with Crippen LogP contribution in [0.3, 0.4) is 0 Å². The van der Waals surface area contributed by atoms with Gasteiger partial charge in [-0.15, -0.1) is 0 Å². The number of β-amino-alcohol motifs (C(OH)–C–C–N with tert-alkyl or cyclic N) is 1. The van der Waals surface area contributed by atoms with Gasteiger partial charge in [0.2, 0.25) is 5.91 Å². The van der Waals surface area contributed by atoms with E-state index in [0.717, 1.165) is 28.0 Å². The second kappa shape index (κ2) is 9.12. The highest BCUT2D eigenvalue weighted by atomic mass is 16.5. The second-order valence-electron chi connectivity index (χ2n) is 8.29. The van der Waals surface area contributed by atoms with Crippen molar-refractivity contribution in [2.24, 2.45) is 0 Å². The van der Waals surface area contributed by atoms with E-state index in [-0.39, 0.29) is 5.91 Å². The molecule has 2 atom stereocenters.